The minimum atomic E-state index is -0.309. The average molecular weight is 465 g/mol. The van der Waals surface area contributed by atoms with E-state index in [9.17, 15) is 4.79 Å². The lowest BCUT2D eigenvalue weighted by atomic mass is 10.1. The topological polar surface area (TPSA) is 115 Å². The Morgan fingerprint density at radius 1 is 1.07 bits per heavy atom. The van der Waals surface area contributed by atoms with Crippen LogP contribution in [0.2, 0.25) is 0 Å². The van der Waals surface area contributed by atoms with E-state index in [1.54, 1.807) is 24.4 Å². The van der Waals surface area contributed by atoms with E-state index < -0.39 is 0 Å². The number of nitrogen functional groups attached to an aromatic ring is 1. The number of hydrogen-bond donors (Lipinski definition) is 3. The van der Waals surface area contributed by atoms with E-state index in [2.05, 4.69) is 41.7 Å². The van der Waals surface area contributed by atoms with Crippen LogP contribution in [-0.2, 0) is 0 Å². The van der Waals surface area contributed by atoms with Crippen molar-refractivity contribution in [3.05, 3.63) is 76.7 Å². The van der Waals surface area contributed by atoms with Crippen LogP contribution in [0.25, 0.3) is 10.9 Å². The Hall–Kier alpha value is -3.72. The van der Waals surface area contributed by atoms with Crippen LogP contribution in [0, 0.1) is 6.92 Å². The highest BCUT2D eigenvalue weighted by molar-refractivity contribution is 9.10. The molecule has 2 aromatic carbocycles. The Kier molecular flexibility index (Phi) is 5.44. The number of halogens is 1. The fourth-order valence-electron chi connectivity index (χ4n) is 2.87. The molecule has 1 amide bonds. The number of rotatable bonds is 5. The third-order valence-corrected chi connectivity index (χ3v) is 5.11. The third-order valence-electron chi connectivity index (χ3n) is 4.42. The number of pyridine rings is 1. The normalized spacial score (nSPS) is 10.6. The number of nitrogens with one attached hydrogen (secondary N) is 2. The number of aryl methyl sites for hydroxylation is 1. The number of benzene rings is 2. The summed E-state index contributed by atoms with van der Waals surface area (Å²) >= 11 is 3.50. The van der Waals surface area contributed by atoms with Crippen molar-refractivity contribution in [1.29, 1.82) is 0 Å². The highest BCUT2D eigenvalue weighted by atomic mass is 79.9. The van der Waals surface area contributed by atoms with Gasteiger partial charge in [0.15, 0.2) is 11.6 Å². The molecule has 0 fully saturated rings. The standard InChI is InChI=1S/C21H17BrN6O2/c1-12-5-2-3-6-13(12)20(29)28-27-19-17(23)21(26-11-25-19)30-16-9-8-15(22)14-7-4-10-24-18(14)16/h2-11H,23H2,1H3,(H,28,29)(H,25,26,27). The highest BCUT2D eigenvalue weighted by Crippen LogP contribution is 2.35. The van der Waals surface area contributed by atoms with Crippen molar-refractivity contribution >= 4 is 44.2 Å². The van der Waals surface area contributed by atoms with Gasteiger partial charge in [0, 0.05) is 21.6 Å². The molecule has 0 radical (unpaired) electrons. The molecule has 0 saturated heterocycles. The SMILES string of the molecule is Cc1ccccc1C(=O)NNc1ncnc(Oc2ccc(Br)c3cccnc23)c1N. The molecule has 0 aliphatic rings. The number of aromatic nitrogens is 3. The van der Waals surface area contributed by atoms with Crippen LogP contribution < -0.4 is 21.3 Å². The lowest BCUT2D eigenvalue weighted by Crippen LogP contribution is -2.30. The molecule has 0 aliphatic heterocycles. The van der Waals surface area contributed by atoms with Crippen LogP contribution in [0.5, 0.6) is 11.6 Å². The van der Waals surface area contributed by atoms with Crippen molar-refractivity contribution in [2.75, 3.05) is 11.2 Å². The number of carbonyl (C=O) groups is 1. The fourth-order valence-corrected chi connectivity index (χ4v) is 3.32. The van der Waals surface area contributed by atoms with Gasteiger partial charge >= 0.3 is 0 Å². The molecular formula is C21H17BrN6O2. The van der Waals surface area contributed by atoms with Crippen molar-refractivity contribution in [3.63, 3.8) is 0 Å². The van der Waals surface area contributed by atoms with E-state index in [-0.39, 0.29) is 23.3 Å². The molecule has 0 aliphatic carbocycles. The molecule has 0 spiro atoms. The molecule has 4 N–H and O–H groups in total. The Bertz CT molecular complexity index is 1250. The van der Waals surface area contributed by atoms with E-state index in [1.807, 2.05) is 37.3 Å². The number of ether oxygens (including phenoxy) is 1. The van der Waals surface area contributed by atoms with Gasteiger partial charge in [-0.05, 0) is 36.8 Å². The number of amides is 1. The zero-order valence-corrected chi connectivity index (χ0v) is 17.5. The predicted octanol–water partition coefficient (Wildman–Crippen LogP) is 4.23. The first-order valence-electron chi connectivity index (χ1n) is 8.98. The second kappa shape index (κ2) is 8.34. The van der Waals surface area contributed by atoms with E-state index in [0.717, 1.165) is 15.4 Å². The minimum absolute atomic E-state index is 0.145. The Morgan fingerprint density at radius 3 is 2.73 bits per heavy atom. The Morgan fingerprint density at radius 2 is 1.90 bits per heavy atom. The molecule has 8 nitrogen and oxygen atoms in total. The molecule has 4 rings (SSSR count). The van der Waals surface area contributed by atoms with Gasteiger partial charge in [-0.3, -0.25) is 20.6 Å². The van der Waals surface area contributed by atoms with Gasteiger partial charge in [0.05, 0.1) is 0 Å². The number of fused-ring (bicyclic) bond motifs is 1. The molecule has 2 heterocycles. The maximum Gasteiger partial charge on any atom is 0.269 e. The first-order chi connectivity index (χ1) is 14.5. The summed E-state index contributed by atoms with van der Waals surface area (Å²) in [5.74, 6) is 0.550. The van der Waals surface area contributed by atoms with E-state index in [0.29, 0.717) is 16.8 Å². The zero-order chi connectivity index (χ0) is 21.1. The van der Waals surface area contributed by atoms with Gasteiger partial charge in [-0.25, -0.2) is 4.98 Å². The van der Waals surface area contributed by atoms with Crippen molar-refractivity contribution in [1.82, 2.24) is 20.4 Å². The molecule has 9 heteroatoms. The van der Waals surface area contributed by atoms with Gasteiger partial charge in [-0.1, -0.05) is 40.2 Å². The lowest BCUT2D eigenvalue weighted by Gasteiger charge is -2.14. The van der Waals surface area contributed by atoms with Crippen LogP contribution >= 0.6 is 15.9 Å². The number of hydrogen-bond acceptors (Lipinski definition) is 7. The van der Waals surface area contributed by atoms with Crippen LogP contribution in [0.1, 0.15) is 15.9 Å². The van der Waals surface area contributed by atoms with Crippen molar-refractivity contribution in [2.45, 2.75) is 6.92 Å². The number of carbonyl (C=O) groups excluding carboxylic acids is 1. The van der Waals surface area contributed by atoms with Gasteiger partial charge in [-0.2, -0.15) is 4.98 Å². The van der Waals surface area contributed by atoms with Crippen molar-refractivity contribution < 1.29 is 9.53 Å². The first kappa shape index (κ1) is 19.6. The molecule has 150 valence electrons. The smallest absolute Gasteiger partial charge is 0.269 e. The number of nitrogens with zero attached hydrogens (tertiary/aromatic N) is 3. The van der Waals surface area contributed by atoms with E-state index in [1.165, 1.54) is 6.33 Å². The van der Waals surface area contributed by atoms with Gasteiger partial charge in [-0.15, -0.1) is 0 Å². The van der Waals surface area contributed by atoms with Gasteiger partial charge in [0.25, 0.3) is 5.91 Å². The molecule has 0 unspecified atom stereocenters. The summed E-state index contributed by atoms with van der Waals surface area (Å²) in [5, 5.41) is 0.895. The maximum absolute atomic E-state index is 12.4. The number of hydrazine groups is 1. The number of anilines is 2. The fraction of sp³-hybridized carbons (Fsp3) is 0.0476. The van der Waals surface area contributed by atoms with E-state index in [4.69, 9.17) is 10.5 Å². The molecule has 30 heavy (non-hydrogen) atoms. The monoisotopic (exact) mass is 464 g/mol. The van der Waals surface area contributed by atoms with Gasteiger partial charge in [0.2, 0.25) is 5.88 Å². The van der Waals surface area contributed by atoms with Gasteiger partial charge in [0.1, 0.15) is 17.5 Å². The molecular weight excluding hydrogens is 448 g/mol. The highest BCUT2D eigenvalue weighted by Gasteiger charge is 2.15. The maximum atomic E-state index is 12.4. The van der Waals surface area contributed by atoms with Gasteiger partial charge < -0.3 is 10.5 Å². The Balaban J connectivity index is 1.56. The summed E-state index contributed by atoms with van der Waals surface area (Å²) in [5.41, 5.74) is 13.7. The van der Waals surface area contributed by atoms with Crippen LogP contribution in [0.3, 0.4) is 0 Å². The molecule has 2 aromatic heterocycles. The summed E-state index contributed by atoms with van der Waals surface area (Å²) in [6.07, 6.45) is 2.97. The minimum Gasteiger partial charge on any atom is -0.435 e. The summed E-state index contributed by atoms with van der Waals surface area (Å²) in [7, 11) is 0. The van der Waals surface area contributed by atoms with Crippen LogP contribution in [0.4, 0.5) is 11.5 Å². The quantitative estimate of drug-likeness (QED) is 0.378. The zero-order valence-electron chi connectivity index (χ0n) is 15.9. The summed E-state index contributed by atoms with van der Waals surface area (Å²) in [6.45, 7) is 1.86. The second-order valence-electron chi connectivity index (χ2n) is 6.38. The lowest BCUT2D eigenvalue weighted by molar-refractivity contribution is 0.0962. The van der Waals surface area contributed by atoms with Crippen molar-refractivity contribution in [3.8, 4) is 11.6 Å². The van der Waals surface area contributed by atoms with Crippen LogP contribution in [0.15, 0.2) is 65.5 Å². The summed E-state index contributed by atoms with van der Waals surface area (Å²) < 4.78 is 6.81. The average Bonchev–Trinajstić information content (AvgIpc) is 2.76. The van der Waals surface area contributed by atoms with Crippen LogP contribution in [-0.4, -0.2) is 20.9 Å². The molecule has 4 aromatic rings. The summed E-state index contributed by atoms with van der Waals surface area (Å²) in [4.78, 5) is 25.0. The number of nitrogens with two attached hydrogens (primary N) is 1. The van der Waals surface area contributed by atoms with E-state index >= 15 is 0 Å². The summed E-state index contributed by atoms with van der Waals surface area (Å²) in [6, 6.07) is 14.7. The second-order valence-corrected chi connectivity index (χ2v) is 7.24. The first-order valence-corrected chi connectivity index (χ1v) is 9.77. The Labute approximate surface area is 180 Å². The predicted molar refractivity (Wildman–Crippen MR) is 118 cm³/mol. The van der Waals surface area contributed by atoms with Crippen molar-refractivity contribution in [2.24, 2.45) is 0 Å². The third kappa shape index (κ3) is 3.87. The largest absolute Gasteiger partial charge is 0.435 e. The molecule has 0 atom stereocenters. The molecule has 0 saturated carbocycles. The molecule has 0 bridgehead atoms.